The summed E-state index contributed by atoms with van der Waals surface area (Å²) >= 11 is 1.46. The average molecular weight is 276 g/mol. The first-order chi connectivity index (χ1) is 9.22. The standard InChI is InChI=1S/C13H16N4OS/c1-2-5-15-13-9-8(11(19-13)12(14)18)4-3-7-6-16-17-10(7)9/h6,15H,2-5H2,1H3,(H2,14,18)(H,16,17). The molecule has 0 radical (unpaired) electrons. The number of nitrogens with zero attached hydrogens (tertiary/aromatic N) is 1. The molecule has 2 aromatic rings. The fraction of sp³-hybridized carbons (Fsp3) is 0.385. The van der Waals surface area contributed by atoms with Crippen LogP contribution in [0.2, 0.25) is 0 Å². The molecule has 4 N–H and O–H groups in total. The van der Waals surface area contributed by atoms with Crippen LogP contribution >= 0.6 is 11.3 Å². The minimum atomic E-state index is -0.339. The molecule has 0 spiro atoms. The van der Waals surface area contributed by atoms with E-state index in [1.165, 1.54) is 16.9 Å². The number of thiophene rings is 1. The maximum absolute atomic E-state index is 11.6. The Morgan fingerprint density at radius 3 is 3.16 bits per heavy atom. The van der Waals surface area contributed by atoms with Gasteiger partial charge in [-0.1, -0.05) is 6.92 Å². The molecular formula is C13H16N4OS. The molecule has 1 aliphatic rings. The van der Waals surface area contributed by atoms with Gasteiger partial charge in [0.2, 0.25) is 0 Å². The molecule has 100 valence electrons. The van der Waals surface area contributed by atoms with E-state index in [0.29, 0.717) is 4.88 Å². The number of primary amides is 1. The molecule has 0 bridgehead atoms. The number of aromatic amines is 1. The second-order valence-electron chi connectivity index (χ2n) is 4.68. The minimum absolute atomic E-state index is 0.339. The highest BCUT2D eigenvalue weighted by Gasteiger charge is 2.28. The van der Waals surface area contributed by atoms with Crippen LogP contribution in [0.3, 0.4) is 0 Å². The topological polar surface area (TPSA) is 83.8 Å². The number of rotatable bonds is 4. The predicted octanol–water partition coefficient (Wildman–Crippen LogP) is 2.16. The molecule has 2 heterocycles. The number of H-pyrrole nitrogens is 1. The summed E-state index contributed by atoms with van der Waals surface area (Å²) in [5.41, 5.74) is 9.88. The molecule has 0 unspecified atom stereocenters. The molecule has 0 saturated carbocycles. The summed E-state index contributed by atoms with van der Waals surface area (Å²) in [4.78, 5) is 12.3. The number of amides is 1. The molecule has 0 aliphatic heterocycles. The van der Waals surface area contributed by atoms with E-state index in [9.17, 15) is 4.79 Å². The number of hydrogen-bond donors (Lipinski definition) is 3. The molecular weight excluding hydrogens is 260 g/mol. The van der Waals surface area contributed by atoms with Crippen molar-refractivity contribution in [2.45, 2.75) is 26.2 Å². The smallest absolute Gasteiger partial charge is 0.259 e. The van der Waals surface area contributed by atoms with Crippen LogP contribution in [0.1, 0.15) is 34.1 Å². The Balaban J connectivity index is 2.15. The Morgan fingerprint density at radius 1 is 1.58 bits per heavy atom. The molecule has 0 aromatic carbocycles. The molecule has 1 aliphatic carbocycles. The summed E-state index contributed by atoms with van der Waals surface area (Å²) in [6.45, 7) is 3.00. The summed E-state index contributed by atoms with van der Waals surface area (Å²) in [5, 5.41) is 11.6. The van der Waals surface area contributed by atoms with Gasteiger partial charge >= 0.3 is 0 Å². The van der Waals surface area contributed by atoms with Crippen LogP contribution in [0.15, 0.2) is 6.20 Å². The van der Waals surface area contributed by atoms with Crippen LogP contribution in [-0.2, 0) is 12.8 Å². The lowest BCUT2D eigenvalue weighted by Gasteiger charge is -2.14. The van der Waals surface area contributed by atoms with Crippen LogP contribution in [0.4, 0.5) is 5.00 Å². The number of carbonyl (C=O) groups is 1. The van der Waals surface area contributed by atoms with E-state index in [-0.39, 0.29) is 5.91 Å². The van der Waals surface area contributed by atoms with Crippen molar-refractivity contribution in [2.75, 3.05) is 11.9 Å². The summed E-state index contributed by atoms with van der Waals surface area (Å²) in [7, 11) is 0. The SMILES string of the molecule is CCCNc1sc(C(N)=O)c2c1-c1[nH]ncc1CC2. The highest BCUT2D eigenvalue weighted by Crippen LogP contribution is 2.44. The molecule has 0 atom stereocenters. The first kappa shape index (κ1) is 12.2. The van der Waals surface area contributed by atoms with Crippen molar-refractivity contribution < 1.29 is 4.79 Å². The first-order valence-corrected chi connectivity index (χ1v) is 7.26. The largest absolute Gasteiger partial charge is 0.376 e. The van der Waals surface area contributed by atoms with Gasteiger partial charge in [0.1, 0.15) is 0 Å². The van der Waals surface area contributed by atoms with Crippen molar-refractivity contribution in [2.24, 2.45) is 5.73 Å². The minimum Gasteiger partial charge on any atom is -0.376 e. The lowest BCUT2D eigenvalue weighted by atomic mass is 9.91. The molecule has 1 amide bonds. The molecule has 6 heteroatoms. The van der Waals surface area contributed by atoms with E-state index >= 15 is 0 Å². The lowest BCUT2D eigenvalue weighted by Crippen LogP contribution is -2.13. The Morgan fingerprint density at radius 2 is 2.42 bits per heavy atom. The van der Waals surface area contributed by atoms with Gasteiger partial charge in [-0.15, -0.1) is 11.3 Å². The number of nitrogens with two attached hydrogens (primary N) is 1. The number of fused-ring (bicyclic) bond motifs is 3. The Labute approximate surface area is 115 Å². The summed E-state index contributed by atoms with van der Waals surface area (Å²) in [6, 6.07) is 0. The van der Waals surface area contributed by atoms with Gasteiger partial charge in [0.05, 0.1) is 21.8 Å². The maximum Gasteiger partial charge on any atom is 0.259 e. The molecule has 5 nitrogen and oxygen atoms in total. The van der Waals surface area contributed by atoms with Crippen molar-refractivity contribution in [1.82, 2.24) is 10.2 Å². The zero-order valence-corrected chi connectivity index (χ0v) is 11.6. The third-order valence-corrected chi connectivity index (χ3v) is 4.58. The maximum atomic E-state index is 11.6. The van der Waals surface area contributed by atoms with Crippen LogP contribution in [-0.4, -0.2) is 22.6 Å². The zero-order chi connectivity index (χ0) is 13.4. The van der Waals surface area contributed by atoms with Crippen LogP contribution in [0.25, 0.3) is 11.3 Å². The van der Waals surface area contributed by atoms with Crippen LogP contribution < -0.4 is 11.1 Å². The van der Waals surface area contributed by atoms with Gasteiger partial charge in [0, 0.05) is 12.1 Å². The van der Waals surface area contributed by atoms with Crippen molar-refractivity contribution in [1.29, 1.82) is 0 Å². The summed E-state index contributed by atoms with van der Waals surface area (Å²) in [5.74, 6) is -0.339. The van der Waals surface area contributed by atoms with E-state index < -0.39 is 0 Å². The van der Waals surface area contributed by atoms with Gasteiger partial charge in [-0.2, -0.15) is 5.10 Å². The van der Waals surface area contributed by atoms with Crippen LogP contribution in [0, 0.1) is 0 Å². The summed E-state index contributed by atoms with van der Waals surface area (Å²) in [6.07, 6.45) is 4.66. The number of anilines is 1. The predicted molar refractivity (Wildman–Crippen MR) is 76.6 cm³/mol. The van der Waals surface area contributed by atoms with E-state index in [4.69, 9.17) is 5.73 Å². The number of hydrogen-bond acceptors (Lipinski definition) is 4. The van der Waals surface area contributed by atoms with Crippen molar-refractivity contribution in [3.63, 3.8) is 0 Å². The normalized spacial score (nSPS) is 12.9. The van der Waals surface area contributed by atoms with E-state index in [1.807, 2.05) is 6.20 Å². The number of carbonyl (C=O) groups excluding carboxylic acids is 1. The Hall–Kier alpha value is -1.82. The fourth-order valence-corrected chi connectivity index (χ4v) is 3.64. The van der Waals surface area contributed by atoms with Gasteiger partial charge in [-0.25, -0.2) is 0 Å². The third kappa shape index (κ3) is 1.92. The monoisotopic (exact) mass is 276 g/mol. The Bertz CT molecular complexity index is 629. The molecule has 0 saturated heterocycles. The summed E-state index contributed by atoms with van der Waals surface area (Å²) < 4.78 is 0. The highest BCUT2D eigenvalue weighted by molar-refractivity contribution is 7.18. The van der Waals surface area contributed by atoms with Crippen molar-refractivity contribution in [3.05, 3.63) is 22.2 Å². The molecule has 19 heavy (non-hydrogen) atoms. The fourth-order valence-electron chi connectivity index (χ4n) is 2.51. The Kier molecular flexibility index (Phi) is 3.02. The first-order valence-electron chi connectivity index (χ1n) is 6.44. The quantitative estimate of drug-likeness (QED) is 0.800. The van der Waals surface area contributed by atoms with Crippen LogP contribution in [0.5, 0.6) is 0 Å². The van der Waals surface area contributed by atoms with Gasteiger partial charge < -0.3 is 11.1 Å². The number of nitrogens with one attached hydrogen (secondary N) is 2. The van der Waals surface area contributed by atoms with E-state index in [2.05, 4.69) is 22.4 Å². The molecule has 2 aromatic heterocycles. The molecule has 3 rings (SSSR count). The number of aryl methyl sites for hydroxylation is 1. The van der Waals surface area contributed by atoms with E-state index in [0.717, 1.165) is 47.6 Å². The second-order valence-corrected chi connectivity index (χ2v) is 5.70. The van der Waals surface area contributed by atoms with Gasteiger partial charge in [-0.05, 0) is 30.4 Å². The van der Waals surface area contributed by atoms with Gasteiger partial charge in [0.25, 0.3) is 5.91 Å². The lowest BCUT2D eigenvalue weighted by molar-refractivity contribution is 0.100. The van der Waals surface area contributed by atoms with Gasteiger partial charge in [0.15, 0.2) is 0 Å². The third-order valence-electron chi connectivity index (χ3n) is 3.38. The zero-order valence-electron chi connectivity index (χ0n) is 10.7. The highest BCUT2D eigenvalue weighted by atomic mass is 32.1. The molecule has 0 fully saturated rings. The average Bonchev–Trinajstić information content (AvgIpc) is 2.99. The van der Waals surface area contributed by atoms with Crippen molar-refractivity contribution in [3.8, 4) is 11.3 Å². The number of aromatic nitrogens is 2. The second kappa shape index (κ2) is 4.70. The van der Waals surface area contributed by atoms with E-state index in [1.54, 1.807) is 0 Å². The van der Waals surface area contributed by atoms with Gasteiger partial charge in [-0.3, -0.25) is 9.89 Å². The van der Waals surface area contributed by atoms with Crippen molar-refractivity contribution >= 4 is 22.2 Å².